The van der Waals surface area contributed by atoms with Crippen LogP contribution < -0.4 is 10.6 Å². The molecule has 21 heavy (non-hydrogen) atoms. The van der Waals surface area contributed by atoms with Gasteiger partial charge in [0, 0.05) is 25.7 Å². The molecule has 1 rings (SSSR count). The van der Waals surface area contributed by atoms with E-state index in [4.69, 9.17) is 0 Å². The monoisotopic (exact) mass is 294 g/mol. The van der Waals surface area contributed by atoms with Gasteiger partial charge in [0.1, 0.15) is 5.82 Å². The molecule has 0 aliphatic carbocycles. The first-order valence-corrected chi connectivity index (χ1v) is 7.13. The second kappa shape index (κ2) is 7.41. The molecule has 2 N–H and O–H groups in total. The van der Waals surface area contributed by atoms with Crippen LogP contribution in [-0.2, 0) is 6.54 Å². The SMILES string of the molecule is CN=C(NCc1ccc(C)c(F)c1)NCC(C)(C)N(C)C. The van der Waals surface area contributed by atoms with Gasteiger partial charge in [0.15, 0.2) is 5.96 Å². The van der Waals surface area contributed by atoms with Crippen LogP contribution in [0.4, 0.5) is 4.39 Å². The average Bonchev–Trinajstić information content (AvgIpc) is 2.42. The van der Waals surface area contributed by atoms with E-state index in [1.54, 1.807) is 26.1 Å². The van der Waals surface area contributed by atoms with E-state index in [1.807, 2.05) is 20.2 Å². The summed E-state index contributed by atoms with van der Waals surface area (Å²) >= 11 is 0. The normalized spacial score (nSPS) is 12.7. The van der Waals surface area contributed by atoms with Crippen molar-refractivity contribution in [3.05, 3.63) is 35.1 Å². The number of nitrogens with one attached hydrogen (secondary N) is 2. The van der Waals surface area contributed by atoms with Crippen LogP contribution in [0.15, 0.2) is 23.2 Å². The molecule has 0 saturated heterocycles. The molecule has 0 bridgehead atoms. The molecule has 1 aromatic rings. The minimum Gasteiger partial charge on any atom is -0.355 e. The summed E-state index contributed by atoms with van der Waals surface area (Å²) in [5.74, 6) is 0.539. The Kier molecular flexibility index (Phi) is 6.15. The summed E-state index contributed by atoms with van der Waals surface area (Å²) in [4.78, 5) is 6.34. The summed E-state index contributed by atoms with van der Waals surface area (Å²) in [6.07, 6.45) is 0. The molecule has 0 saturated carbocycles. The Morgan fingerprint density at radius 3 is 2.48 bits per heavy atom. The Labute approximate surface area is 127 Å². The summed E-state index contributed by atoms with van der Waals surface area (Å²) in [6.45, 7) is 7.38. The van der Waals surface area contributed by atoms with Gasteiger partial charge in [-0.15, -0.1) is 0 Å². The lowest BCUT2D eigenvalue weighted by Crippen LogP contribution is -2.50. The van der Waals surface area contributed by atoms with Gasteiger partial charge in [-0.05, 0) is 52.1 Å². The molecule has 0 aliphatic rings. The van der Waals surface area contributed by atoms with E-state index in [1.165, 1.54) is 0 Å². The van der Waals surface area contributed by atoms with Gasteiger partial charge in [-0.1, -0.05) is 12.1 Å². The maximum atomic E-state index is 13.5. The highest BCUT2D eigenvalue weighted by atomic mass is 19.1. The molecule has 0 spiro atoms. The molecule has 0 amide bonds. The van der Waals surface area contributed by atoms with Crippen molar-refractivity contribution < 1.29 is 4.39 Å². The fourth-order valence-corrected chi connectivity index (χ4v) is 1.61. The molecule has 0 atom stereocenters. The van der Waals surface area contributed by atoms with Crippen LogP contribution in [0.5, 0.6) is 0 Å². The lowest BCUT2D eigenvalue weighted by Gasteiger charge is -2.33. The van der Waals surface area contributed by atoms with Crippen LogP contribution in [0.1, 0.15) is 25.0 Å². The Balaban J connectivity index is 2.54. The third-order valence-electron chi connectivity index (χ3n) is 3.82. The van der Waals surface area contributed by atoms with Crippen LogP contribution in [0.2, 0.25) is 0 Å². The summed E-state index contributed by atoms with van der Waals surface area (Å²) in [5.41, 5.74) is 1.58. The van der Waals surface area contributed by atoms with Gasteiger partial charge < -0.3 is 15.5 Å². The second-order valence-corrected chi connectivity index (χ2v) is 6.07. The smallest absolute Gasteiger partial charge is 0.191 e. The summed E-state index contributed by atoms with van der Waals surface area (Å²) in [6, 6.07) is 5.26. The van der Waals surface area contributed by atoms with Crippen molar-refractivity contribution in [1.29, 1.82) is 0 Å². The molecule has 0 aromatic heterocycles. The number of guanidine groups is 1. The average molecular weight is 294 g/mol. The van der Waals surface area contributed by atoms with Gasteiger partial charge in [-0.2, -0.15) is 0 Å². The van der Waals surface area contributed by atoms with Crippen LogP contribution in [0.3, 0.4) is 0 Å². The number of aliphatic imine (C=N–C) groups is 1. The topological polar surface area (TPSA) is 39.7 Å². The van der Waals surface area contributed by atoms with E-state index in [0.29, 0.717) is 18.1 Å². The molecule has 0 radical (unpaired) electrons. The van der Waals surface area contributed by atoms with Gasteiger partial charge in [-0.3, -0.25) is 4.99 Å². The van der Waals surface area contributed by atoms with Gasteiger partial charge in [-0.25, -0.2) is 4.39 Å². The van der Waals surface area contributed by atoms with Crippen LogP contribution >= 0.6 is 0 Å². The highest BCUT2D eigenvalue weighted by molar-refractivity contribution is 5.79. The van der Waals surface area contributed by atoms with Gasteiger partial charge >= 0.3 is 0 Å². The molecular weight excluding hydrogens is 267 g/mol. The Morgan fingerprint density at radius 2 is 1.95 bits per heavy atom. The predicted octanol–water partition coefficient (Wildman–Crippen LogP) is 2.14. The maximum absolute atomic E-state index is 13.5. The van der Waals surface area contributed by atoms with Gasteiger partial charge in [0.25, 0.3) is 0 Å². The zero-order chi connectivity index (χ0) is 16.0. The zero-order valence-corrected chi connectivity index (χ0v) is 13.9. The third-order valence-corrected chi connectivity index (χ3v) is 3.82. The number of hydrogen-bond donors (Lipinski definition) is 2. The van der Waals surface area contributed by atoms with Crippen LogP contribution in [0, 0.1) is 12.7 Å². The first kappa shape index (κ1) is 17.4. The lowest BCUT2D eigenvalue weighted by molar-refractivity contribution is 0.197. The number of aryl methyl sites for hydroxylation is 1. The highest BCUT2D eigenvalue weighted by Gasteiger charge is 2.20. The van der Waals surface area contributed by atoms with E-state index in [9.17, 15) is 4.39 Å². The maximum Gasteiger partial charge on any atom is 0.191 e. The number of likely N-dealkylation sites (N-methyl/N-ethyl adjacent to an activating group) is 1. The minimum absolute atomic E-state index is 0.0214. The van der Waals surface area contributed by atoms with E-state index in [0.717, 1.165) is 12.1 Å². The lowest BCUT2D eigenvalue weighted by atomic mass is 10.0. The van der Waals surface area contributed by atoms with Crippen molar-refractivity contribution >= 4 is 5.96 Å². The predicted molar refractivity (Wildman–Crippen MR) is 87.1 cm³/mol. The number of hydrogen-bond acceptors (Lipinski definition) is 2. The molecule has 0 heterocycles. The zero-order valence-electron chi connectivity index (χ0n) is 13.9. The first-order valence-electron chi connectivity index (χ1n) is 7.13. The third kappa shape index (κ3) is 5.34. The van der Waals surface area contributed by atoms with E-state index in [-0.39, 0.29) is 11.4 Å². The quantitative estimate of drug-likeness (QED) is 0.645. The minimum atomic E-state index is -0.175. The number of nitrogens with zero attached hydrogens (tertiary/aromatic N) is 2. The fraction of sp³-hybridized carbons (Fsp3) is 0.562. The van der Waals surface area contributed by atoms with Crippen molar-refractivity contribution in [1.82, 2.24) is 15.5 Å². The summed E-state index contributed by atoms with van der Waals surface area (Å²) < 4.78 is 13.5. The second-order valence-electron chi connectivity index (χ2n) is 6.07. The van der Waals surface area contributed by atoms with Crippen molar-refractivity contribution in [3.63, 3.8) is 0 Å². The summed E-state index contributed by atoms with van der Waals surface area (Å²) in [5, 5.41) is 6.49. The molecular formula is C16H27FN4. The van der Waals surface area contributed by atoms with Crippen molar-refractivity contribution in [3.8, 4) is 0 Å². The van der Waals surface area contributed by atoms with Gasteiger partial charge in [0.2, 0.25) is 0 Å². The summed E-state index contributed by atoms with van der Waals surface area (Å²) in [7, 11) is 5.83. The van der Waals surface area contributed by atoms with E-state index < -0.39 is 0 Å². The van der Waals surface area contributed by atoms with E-state index in [2.05, 4.69) is 34.4 Å². The molecule has 0 fully saturated rings. The Hall–Kier alpha value is -1.62. The van der Waals surface area contributed by atoms with E-state index >= 15 is 0 Å². The van der Waals surface area contributed by atoms with Crippen LogP contribution in [-0.4, -0.2) is 44.1 Å². The first-order chi connectivity index (χ1) is 9.76. The standard InChI is InChI=1S/C16H27FN4/c1-12-7-8-13(9-14(12)17)10-19-15(18-4)20-11-16(2,3)21(5)6/h7-9H,10-11H2,1-6H3,(H2,18,19,20). The van der Waals surface area contributed by atoms with Crippen molar-refractivity contribution in [2.24, 2.45) is 4.99 Å². The number of halogens is 1. The largest absolute Gasteiger partial charge is 0.355 e. The molecule has 1 aromatic carbocycles. The van der Waals surface area contributed by atoms with Gasteiger partial charge in [0.05, 0.1) is 0 Å². The van der Waals surface area contributed by atoms with Crippen molar-refractivity contribution in [2.45, 2.75) is 32.9 Å². The number of benzene rings is 1. The Bertz CT molecular complexity index is 495. The number of rotatable bonds is 5. The molecule has 5 heteroatoms. The molecule has 118 valence electrons. The molecule has 0 aliphatic heterocycles. The molecule has 0 unspecified atom stereocenters. The Morgan fingerprint density at radius 1 is 1.29 bits per heavy atom. The fourth-order valence-electron chi connectivity index (χ4n) is 1.61. The molecule has 4 nitrogen and oxygen atoms in total. The highest BCUT2D eigenvalue weighted by Crippen LogP contribution is 2.09. The van der Waals surface area contributed by atoms with Crippen LogP contribution in [0.25, 0.3) is 0 Å². The van der Waals surface area contributed by atoms with Crippen molar-refractivity contribution in [2.75, 3.05) is 27.7 Å².